The van der Waals surface area contributed by atoms with Gasteiger partial charge in [0.1, 0.15) is 0 Å². The maximum absolute atomic E-state index is 10.7. The van der Waals surface area contributed by atoms with Crippen LogP contribution in [0.4, 0.5) is 5.69 Å². The molecule has 2 aromatic carbocycles. The molecule has 0 aliphatic carbocycles. The standard InChI is InChI=1S/C17H21N2OP/c1-13-15(9-6-10-17(13)21)16(11-18-12-20)19(2)14-7-4-3-5-8-14/h3-10,12,16H,11,21H2,1-2H3,(H,18,20). The van der Waals surface area contributed by atoms with Crippen LogP contribution in [-0.4, -0.2) is 20.0 Å². The number of hydrogen-bond acceptors (Lipinski definition) is 2. The van der Waals surface area contributed by atoms with Crippen molar-refractivity contribution in [3.05, 3.63) is 59.7 Å². The van der Waals surface area contributed by atoms with Crippen LogP contribution in [0.5, 0.6) is 0 Å². The molecule has 0 aliphatic heterocycles. The second-order valence-corrected chi connectivity index (χ2v) is 5.67. The second-order valence-electron chi connectivity index (χ2n) is 5.05. The smallest absolute Gasteiger partial charge is 0.207 e. The van der Waals surface area contributed by atoms with Gasteiger partial charge in [-0.15, -0.1) is 9.24 Å². The third-order valence-corrected chi connectivity index (χ3v) is 4.43. The van der Waals surface area contributed by atoms with E-state index in [4.69, 9.17) is 0 Å². The Hall–Kier alpha value is -1.86. The molecule has 3 nitrogen and oxygen atoms in total. The summed E-state index contributed by atoms with van der Waals surface area (Å²) < 4.78 is 0. The van der Waals surface area contributed by atoms with Crippen LogP contribution >= 0.6 is 9.24 Å². The van der Waals surface area contributed by atoms with Crippen LogP contribution in [0.3, 0.4) is 0 Å². The first-order valence-electron chi connectivity index (χ1n) is 6.95. The summed E-state index contributed by atoms with van der Waals surface area (Å²) in [5.74, 6) is 0. The van der Waals surface area contributed by atoms with Gasteiger partial charge >= 0.3 is 0 Å². The van der Waals surface area contributed by atoms with E-state index in [0.29, 0.717) is 6.54 Å². The van der Waals surface area contributed by atoms with Crippen LogP contribution in [0.15, 0.2) is 48.5 Å². The van der Waals surface area contributed by atoms with E-state index in [0.717, 1.165) is 12.1 Å². The van der Waals surface area contributed by atoms with E-state index < -0.39 is 0 Å². The van der Waals surface area contributed by atoms with Crippen molar-refractivity contribution in [1.82, 2.24) is 5.32 Å². The molecule has 4 heteroatoms. The number of para-hydroxylation sites is 1. The topological polar surface area (TPSA) is 32.3 Å². The largest absolute Gasteiger partial charge is 0.366 e. The Morgan fingerprint density at radius 1 is 1.19 bits per heavy atom. The Bertz CT molecular complexity index is 601. The maximum Gasteiger partial charge on any atom is 0.207 e. The fourth-order valence-corrected chi connectivity index (χ4v) is 2.77. The van der Waals surface area contributed by atoms with Gasteiger partial charge in [-0.05, 0) is 35.5 Å². The highest BCUT2D eigenvalue weighted by Crippen LogP contribution is 2.27. The zero-order valence-corrected chi connectivity index (χ0v) is 13.6. The van der Waals surface area contributed by atoms with Crippen LogP contribution < -0.4 is 15.5 Å². The lowest BCUT2D eigenvalue weighted by atomic mass is 9.99. The van der Waals surface area contributed by atoms with Crippen molar-refractivity contribution < 1.29 is 4.79 Å². The Morgan fingerprint density at radius 3 is 2.57 bits per heavy atom. The number of benzene rings is 2. The molecule has 2 atom stereocenters. The van der Waals surface area contributed by atoms with Crippen LogP contribution in [0.25, 0.3) is 0 Å². The number of carbonyl (C=O) groups is 1. The average Bonchev–Trinajstić information content (AvgIpc) is 2.52. The van der Waals surface area contributed by atoms with Crippen molar-refractivity contribution in [2.24, 2.45) is 0 Å². The molecule has 0 heterocycles. The van der Waals surface area contributed by atoms with E-state index in [9.17, 15) is 4.79 Å². The molecule has 2 aromatic rings. The summed E-state index contributed by atoms with van der Waals surface area (Å²) in [6.07, 6.45) is 0.756. The molecule has 2 unspecified atom stereocenters. The summed E-state index contributed by atoms with van der Waals surface area (Å²) in [6.45, 7) is 2.69. The highest BCUT2D eigenvalue weighted by molar-refractivity contribution is 7.27. The van der Waals surface area contributed by atoms with Gasteiger partial charge in [-0.3, -0.25) is 4.79 Å². The van der Waals surface area contributed by atoms with E-state index in [1.807, 2.05) is 18.2 Å². The number of likely N-dealkylation sites (N-methyl/N-ethyl adjacent to an activating group) is 1. The summed E-state index contributed by atoms with van der Waals surface area (Å²) in [5.41, 5.74) is 3.59. The highest BCUT2D eigenvalue weighted by Gasteiger charge is 2.19. The van der Waals surface area contributed by atoms with E-state index in [1.54, 1.807) is 0 Å². The first-order chi connectivity index (χ1) is 10.1. The Labute approximate surface area is 128 Å². The molecule has 0 aromatic heterocycles. The first kappa shape index (κ1) is 15.5. The van der Waals surface area contributed by atoms with Crippen molar-refractivity contribution in [2.75, 3.05) is 18.5 Å². The summed E-state index contributed by atoms with van der Waals surface area (Å²) in [7, 11) is 4.82. The minimum Gasteiger partial charge on any atom is -0.366 e. The summed E-state index contributed by atoms with van der Waals surface area (Å²) >= 11 is 0. The molecule has 110 valence electrons. The van der Waals surface area contributed by atoms with E-state index in [1.165, 1.54) is 16.4 Å². The number of anilines is 1. The monoisotopic (exact) mass is 300 g/mol. The fourth-order valence-electron chi connectivity index (χ4n) is 2.49. The molecule has 0 saturated heterocycles. The molecule has 1 N–H and O–H groups in total. The Kier molecular flexibility index (Phi) is 5.35. The van der Waals surface area contributed by atoms with E-state index >= 15 is 0 Å². The molecule has 0 aliphatic rings. The van der Waals surface area contributed by atoms with Gasteiger partial charge in [0.25, 0.3) is 0 Å². The maximum atomic E-state index is 10.7. The van der Waals surface area contributed by atoms with Crippen LogP contribution in [0, 0.1) is 6.92 Å². The van der Waals surface area contributed by atoms with Gasteiger partial charge in [-0.1, -0.05) is 36.4 Å². The van der Waals surface area contributed by atoms with Crippen molar-refractivity contribution in [1.29, 1.82) is 0 Å². The molecule has 0 bridgehead atoms. The number of nitrogens with zero attached hydrogens (tertiary/aromatic N) is 1. The first-order valence-corrected chi connectivity index (χ1v) is 7.52. The third kappa shape index (κ3) is 3.62. The summed E-state index contributed by atoms with van der Waals surface area (Å²) in [6, 6.07) is 16.6. The molecule has 0 fully saturated rings. The number of rotatable bonds is 6. The van der Waals surface area contributed by atoms with Crippen LogP contribution in [0.2, 0.25) is 0 Å². The zero-order valence-electron chi connectivity index (χ0n) is 12.4. The van der Waals surface area contributed by atoms with Gasteiger partial charge in [0.2, 0.25) is 6.41 Å². The lowest BCUT2D eigenvalue weighted by Crippen LogP contribution is -2.34. The number of amides is 1. The van der Waals surface area contributed by atoms with Gasteiger partial charge in [0.15, 0.2) is 0 Å². The normalized spacial score (nSPS) is 11.8. The van der Waals surface area contributed by atoms with Gasteiger partial charge < -0.3 is 10.2 Å². The highest BCUT2D eigenvalue weighted by atomic mass is 31.0. The predicted octanol–water partition coefficient (Wildman–Crippen LogP) is 2.42. The SMILES string of the molecule is Cc1c(P)cccc1C(CNC=O)N(C)c1ccccc1. The van der Waals surface area contributed by atoms with E-state index in [-0.39, 0.29) is 6.04 Å². The minimum atomic E-state index is 0.0955. The second kappa shape index (κ2) is 7.24. The molecule has 2 rings (SSSR count). The van der Waals surface area contributed by atoms with Gasteiger partial charge in [0.05, 0.1) is 6.04 Å². The molecular formula is C17H21N2OP. The van der Waals surface area contributed by atoms with Crippen molar-refractivity contribution in [3.8, 4) is 0 Å². The Balaban J connectivity index is 2.38. The van der Waals surface area contributed by atoms with Gasteiger partial charge in [-0.2, -0.15) is 0 Å². The molecule has 1 amide bonds. The lowest BCUT2D eigenvalue weighted by molar-refractivity contribution is -0.109. The third-order valence-electron chi connectivity index (χ3n) is 3.80. The van der Waals surface area contributed by atoms with Crippen LogP contribution in [0.1, 0.15) is 17.2 Å². The lowest BCUT2D eigenvalue weighted by Gasteiger charge is -2.31. The predicted molar refractivity (Wildman–Crippen MR) is 92.2 cm³/mol. The quantitative estimate of drug-likeness (QED) is 0.656. The average molecular weight is 300 g/mol. The number of carbonyl (C=O) groups excluding carboxylic acids is 1. The van der Waals surface area contributed by atoms with Crippen LogP contribution in [-0.2, 0) is 4.79 Å². The zero-order chi connectivity index (χ0) is 15.2. The molecule has 0 radical (unpaired) electrons. The van der Waals surface area contributed by atoms with Crippen molar-refractivity contribution >= 4 is 26.6 Å². The molecule has 0 saturated carbocycles. The minimum absolute atomic E-state index is 0.0955. The Morgan fingerprint density at radius 2 is 1.90 bits per heavy atom. The van der Waals surface area contributed by atoms with Crippen molar-refractivity contribution in [2.45, 2.75) is 13.0 Å². The number of hydrogen-bond donors (Lipinski definition) is 1. The molecule has 0 spiro atoms. The van der Waals surface area contributed by atoms with E-state index in [2.05, 4.69) is 63.8 Å². The van der Waals surface area contributed by atoms with Gasteiger partial charge in [0, 0.05) is 19.3 Å². The number of nitrogens with one attached hydrogen (secondary N) is 1. The van der Waals surface area contributed by atoms with Crippen molar-refractivity contribution in [3.63, 3.8) is 0 Å². The summed E-state index contributed by atoms with van der Waals surface area (Å²) in [5, 5.41) is 4.00. The molecular weight excluding hydrogens is 279 g/mol. The fraction of sp³-hybridized carbons (Fsp3) is 0.235. The molecule has 21 heavy (non-hydrogen) atoms. The van der Waals surface area contributed by atoms with Gasteiger partial charge in [-0.25, -0.2) is 0 Å². The summed E-state index contributed by atoms with van der Waals surface area (Å²) in [4.78, 5) is 12.9.